The predicted octanol–water partition coefficient (Wildman–Crippen LogP) is 1.71. The van der Waals surface area contributed by atoms with Crippen LogP contribution in [0.3, 0.4) is 0 Å². The first-order valence-corrected chi connectivity index (χ1v) is 9.34. The molecule has 23 heavy (non-hydrogen) atoms. The van der Waals surface area contributed by atoms with Crippen molar-refractivity contribution in [2.45, 2.75) is 35.2 Å². The fourth-order valence-corrected chi connectivity index (χ4v) is 4.05. The van der Waals surface area contributed by atoms with Gasteiger partial charge in [-0.05, 0) is 43.3 Å². The van der Waals surface area contributed by atoms with Gasteiger partial charge in [-0.15, -0.1) is 10.1 Å². The number of sulfonamides is 1. The van der Waals surface area contributed by atoms with Gasteiger partial charge in [0.2, 0.25) is 10.0 Å². The molecule has 0 radical (unpaired) electrons. The summed E-state index contributed by atoms with van der Waals surface area (Å²) in [6.45, 7) is 0.0625. The van der Waals surface area contributed by atoms with Crippen LogP contribution in [0.5, 0.6) is 0 Å². The van der Waals surface area contributed by atoms with Gasteiger partial charge in [0, 0.05) is 4.90 Å². The zero-order chi connectivity index (χ0) is 17.0. The Balaban J connectivity index is 1.94. The summed E-state index contributed by atoms with van der Waals surface area (Å²) in [5, 5.41) is 17.6. The van der Waals surface area contributed by atoms with Gasteiger partial charge in [0.05, 0.1) is 23.5 Å². The lowest BCUT2D eigenvalue weighted by atomic mass is 10.2. The van der Waals surface area contributed by atoms with Crippen LogP contribution in [0.1, 0.15) is 19.3 Å². The lowest BCUT2D eigenvalue weighted by Crippen LogP contribution is -2.35. The van der Waals surface area contributed by atoms with E-state index in [1.807, 2.05) is 0 Å². The van der Waals surface area contributed by atoms with Gasteiger partial charge in [0.25, 0.3) is 5.09 Å². The largest absolute Gasteiger partial charge is 0.368 e. The summed E-state index contributed by atoms with van der Waals surface area (Å²) < 4.78 is 26.0. The van der Waals surface area contributed by atoms with Gasteiger partial charge in [0.1, 0.15) is 4.90 Å². The minimum atomic E-state index is -3.88. The molecule has 1 aromatic carbocycles. The number of nitrogens with two attached hydrogens (primary N) is 1. The molecule has 0 saturated heterocycles. The van der Waals surface area contributed by atoms with E-state index in [4.69, 9.17) is 16.7 Å². The van der Waals surface area contributed by atoms with E-state index in [1.165, 1.54) is 24.1 Å². The average molecular weight is 383 g/mol. The Hall–Kier alpha value is -1.27. The van der Waals surface area contributed by atoms with Crippen molar-refractivity contribution in [1.29, 1.82) is 0 Å². The van der Waals surface area contributed by atoms with Crippen LogP contribution in [0.4, 0.5) is 5.69 Å². The molecule has 128 valence electrons. The molecule has 1 aromatic rings. The van der Waals surface area contributed by atoms with Gasteiger partial charge in [-0.1, -0.05) is 11.6 Å². The van der Waals surface area contributed by atoms with Crippen molar-refractivity contribution in [3.8, 4) is 0 Å². The van der Waals surface area contributed by atoms with Crippen molar-refractivity contribution in [3.63, 3.8) is 0 Å². The van der Waals surface area contributed by atoms with Crippen LogP contribution in [0.15, 0.2) is 21.9 Å². The normalized spacial score (nSPS) is 17.2. The maximum Gasteiger partial charge on any atom is 0.294 e. The van der Waals surface area contributed by atoms with E-state index in [0.717, 1.165) is 6.42 Å². The Bertz CT molecular complexity index is 700. The molecule has 0 aromatic heterocycles. The van der Waals surface area contributed by atoms with E-state index in [1.54, 1.807) is 0 Å². The highest BCUT2D eigenvalue weighted by Crippen LogP contribution is 2.36. The predicted molar refractivity (Wildman–Crippen MR) is 86.0 cm³/mol. The lowest BCUT2D eigenvalue weighted by molar-refractivity contribution is -0.757. The molecule has 9 nitrogen and oxygen atoms in total. The van der Waals surface area contributed by atoms with Crippen molar-refractivity contribution in [3.05, 3.63) is 27.3 Å². The van der Waals surface area contributed by atoms with Crippen LogP contribution in [-0.4, -0.2) is 26.3 Å². The lowest BCUT2D eigenvalue weighted by Gasteiger charge is -2.28. The van der Waals surface area contributed by atoms with E-state index in [2.05, 4.69) is 14.9 Å². The summed E-state index contributed by atoms with van der Waals surface area (Å²) in [5.41, 5.74) is 0.706. The molecule has 0 bridgehead atoms. The summed E-state index contributed by atoms with van der Waals surface area (Å²) >= 11 is 7.23. The molecular weight excluding hydrogens is 368 g/mol. The Labute approximate surface area is 142 Å². The van der Waals surface area contributed by atoms with Crippen molar-refractivity contribution >= 4 is 39.3 Å². The van der Waals surface area contributed by atoms with Gasteiger partial charge >= 0.3 is 0 Å². The number of hydrogen-bond acceptors (Lipinski definition) is 8. The summed E-state index contributed by atoms with van der Waals surface area (Å²) in [6, 6.07) is 2.94. The third kappa shape index (κ3) is 5.11. The van der Waals surface area contributed by atoms with E-state index in [-0.39, 0.29) is 22.7 Å². The highest BCUT2D eigenvalue weighted by atomic mass is 35.5. The van der Waals surface area contributed by atoms with E-state index in [0.29, 0.717) is 23.4 Å². The molecule has 12 heteroatoms. The summed E-state index contributed by atoms with van der Waals surface area (Å²) in [7, 11) is -3.88. The third-order valence-corrected chi connectivity index (χ3v) is 5.40. The molecule has 0 fully saturated rings. The Morgan fingerprint density at radius 3 is 2.83 bits per heavy atom. The van der Waals surface area contributed by atoms with Crippen LogP contribution >= 0.6 is 23.5 Å². The smallest absolute Gasteiger partial charge is 0.294 e. The van der Waals surface area contributed by atoms with Gasteiger partial charge in [-0.2, -0.15) is 0 Å². The second-order valence-electron chi connectivity index (χ2n) is 4.79. The number of unbranched alkanes of at least 4 members (excludes halogenated alkanes) is 1. The highest BCUT2D eigenvalue weighted by Gasteiger charge is 2.22. The van der Waals surface area contributed by atoms with Crippen LogP contribution in [0.25, 0.3) is 0 Å². The Kier molecular flexibility index (Phi) is 5.92. The maximum atomic E-state index is 11.4. The molecule has 0 saturated carbocycles. The minimum absolute atomic E-state index is 0.0550. The molecular formula is C11H15ClN4O5S2. The summed E-state index contributed by atoms with van der Waals surface area (Å²) in [5.74, 6) is 0. The van der Waals surface area contributed by atoms with Gasteiger partial charge in [-0.3, -0.25) is 0 Å². The average Bonchev–Trinajstić information content (AvgIpc) is 2.44. The number of halogens is 1. The van der Waals surface area contributed by atoms with Crippen molar-refractivity contribution < 1.29 is 18.3 Å². The molecule has 4 N–H and O–H groups in total. The number of benzene rings is 1. The van der Waals surface area contributed by atoms with Crippen LogP contribution in [0.2, 0.25) is 5.02 Å². The van der Waals surface area contributed by atoms with Crippen molar-refractivity contribution in [2.75, 3.05) is 11.9 Å². The SMILES string of the molecule is NS(=O)(=O)c1cc2c(cc1Cl)NC(CCCCO[N+](=O)[O-])NS2. The molecule has 1 aliphatic rings. The van der Waals surface area contributed by atoms with E-state index in [9.17, 15) is 18.5 Å². The molecule has 1 atom stereocenters. The second-order valence-corrected chi connectivity index (χ2v) is 7.61. The molecule has 1 aliphatic heterocycles. The monoisotopic (exact) mass is 382 g/mol. The topological polar surface area (TPSA) is 137 Å². The summed E-state index contributed by atoms with van der Waals surface area (Å²) in [4.78, 5) is 14.8. The van der Waals surface area contributed by atoms with E-state index < -0.39 is 15.1 Å². The first-order valence-electron chi connectivity index (χ1n) is 6.60. The fraction of sp³-hybridized carbons (Fsp3) is 0.455. The van der Waals surface area contributed by atoms with Gasteiger partial charge < -0.3 is 10.2 Å². The fourth-order valence-electron chi connectivity index (χ4n) is 2.02. The van der Waals surface area contributed by atoms with Crippen molar-refractivity contribution in [2.24, 2.45) is 5.14 Å². The third-order valence-electron chi connectivity index (χ3n) is 3.07. The highest BCUT2D eigenvalue weighted by molar-refractivity contribution is 7.97. The van der Waals surface area contributed by atoms with Crippen LogP contribution in [0, 0.1) is 10.1 Å². The Morgan fingerprint density at radius 1 is 1.43 bits per heavy atom. The second kappa shape index (κ2) is 7.53. The number of rotatable bonds is 7. The zero-order valence-electron chi connectivity index (χ0n) is 11.8. The van der Waals surface area contributed by atoms with E-state index >= 15 is 0 Å². The van der Waals surface area contributed by atoms with Gasteiger partial charge in [0.15, 0.2) is 0 Å². The molecule has 1 unspecified atom stereocenters. The number of anilines is 1. The zero-order valence-corrected chi connectivity index (χ0v) is 14.2. The number of hydrogen-bond donors (Lipinski definition) is 3. The number of nitrogens with one attached hydrogen (secondary N) is 2. The first-order chi connectivity index (χ1) is 10.8. The minimum Gasteiger partial charge on any atom is -0.368 e. The quantitative estimate of drug-likeness (QED) is 0.280. The van der Waals surface area contributed by atoms with Gasteiger partial charge in [-0.25, -0.2) is 18.3 Å². The van der Waals surface area contributed by atoms with Crippen LogP contribution in [-0.2, 0) is 14.9 Å². The number of primary sulfonamides is 1. The maximum absolute atomic E-state index is 11.4. The molecule has 2 rings (SSSR count). The molecule has 1 heterocycles. The molecule has 0 aliphatic carbocycles. The molecule has 0 amide bonds. The number of fused-ring (bicyclic) bond motifs is 1. The van der Waals surface area contributed by atoms with Crippen molar-refractivity contribution in [1.82, 2.24) is 4.72 Å². The van der Waals surface area contributed by atoms with Crippen LogP contribution < -0.4 is 15.2 Å². The first kappa shape index (κ1) is 18.1. The summed E-state index contributed by atoms with van der Waals surface area (Å²) in [6.07, 6.45) is 1.92. The standard InChI is InChI=1S/C11H15ClN4O5S2/c12-7-5-8-9(6-10(7)23(13,19)20)22-15-11(14-8)3-1-2-4-21-16(17)18/h5-6,11,14-15H,1-4H2,(H2,13,19,20). The Morgan fingerprint density at radius 2 is 2.17 bits per heavy atom. The number of nitrogens with zero attached hydrogens (tertiary/aromatic N) is 1. The molecule has 0 spiro atoms.